The first-order chi connectivity index (χ1) is 19.9. The highest BCUT2D eigenvalue weighted by atomic mass is 16.7. The molecule has 2 saturated heterocycles. The van der Waals surface area contributed by atoms with Gasteiger partial charge in [0, 0.05) is 40.6 Å². The van der Waals surface area contributed by atoms with Gasteiger partial charge >= 0.3 is 17.9 Å². The summed E-state index contributed by atoms with van der Waals surface area (Å²) in [6.45, 7) is 14.7. The van der Waals surface area contributed by atoms with Gasteiger partial charge in [0.25, 0.3) is 0 Å². The number of ether oxygens (including phenoxy) is 3. The van der Waals surface area contributed by atoms with Gasteiger partial charge in [-0.25, -0.2) is 0 Å². The lowest BCUT2D eigenvalue weighted by Gasteiger charge is -2.62. The average molecular weight is 601 g/mol. The summed E-state index contributed by atoms with van der Waals surface area (Å²) in [6.07, 6.45) is 2.25. The zero-order chi connectivity index (χ0) is 31.5. The molecular weight excluding hydrogens is 552 g/mol. The number of Topliss-reactive ketones (excluding diaryl/α,β-unsaturated/α-hetero) is 1. The van der Waals surface area contributed by atoms with Crippen molar-refractivity contribution in [3.8, 4) is 0 Å². The van der Waals surface area contributed by atoms with Gasteiger partial charge in [-0.1, -0.05) is 54.0 Å². The summed E-state index contributed by atoms with van der Waals surface area (Å²) in [4.78, 5) is 50.5. The summed E-state index contributed by atoms with van der Waals surface area (Å²) in [5.41, 5.74) is -0.311. The molecule has 2 heterocycles. The van der Waals surface area contributed by atoms with Crippen LogP contribution in [0.5, 0.6) is 0 Å². The molecule has 0 bridgehead atoms. The topological polar surface area (TPSA) is 136 Å². The molecule has 0 aromatic heterocycles. The first kappa shape index (κ1) is 30.8. The number of ketones is 1. The molecular formula is C34H48O9. The standard InChI is InChI=1S/C34H48O9/c1-17-15-34(19(3)18(2)29(40)43-34)41-16-33-20(17)8-11-32(33,7)28-21(12-24(33)36)31(6)10-9-25(42-27(39)14-26(37)38)30(4,5)23(31)13-22(28)35/h17-20,23-25,36H,8-16H2,1-7H3,(H,37,38)/t17-,18+,19+,20-,23+,24-,25-,31-,32+,33+,34+/m1/s1. The number of allylic oxidation sites excluding steroid dienone is 1. The van der Waals surface area contributed by atoms with Crippen molar-refractivity contribution in [1.29, 1.82) is 0 Å². The molecule has 4 fully saturated rings. The van der Waals surface area contributed by atoms with Crippen molar-refractivity contribution < 1.29 is 43.6 Å². The zero-order valence-corrected chi connectivity index (χ0v) is 26.7. The molecule has 6 rings (SSSR count). The molecule has 2 spiro atoms. The third-order valence-corrected chi connectivity index (χ3v) is 13.8. The number of aliphatic carboxylic acids is 1. The maximum Gasteiger partial charge on any atom is 0.317 e. The van der Waals surface area contributed by atoms with Gasteiger partial charge in [0.15, 0.2) is 5.78 Å². The van der Waals surface area contributed by atoms with Gasteiger partial charge in [0.2, 0.25) is 5.79 Å². The van der Waals surface area contributed by atoms with Crippen molar-refractivity contribution in [2.24, 2.45) is 51.2 Å². The highest BCUT2D eigenvalue weighted by molar-refractivity contribution is 5.99. The highest BCUT2D eigenvalue weighted by Crippen LogP contribution is 2.73. The Bertz CT molecular complexity index is 1300. The summed E-state index contributed by atoms with van der Waals surface area (Å²) >= 11 is 0. The van der Waals surface area contributed by atoms with E-state index >= 15 is 0 Å². The maximum absolute atomic E-state index is 14.4. The average Bonchev–Trinajstić information content (AvgIpc) is 3.27. The summed E-state index contributed by atoms with van der Waals surface area (Å²) in [5, 5.41) is 21.4. The van der Waals surface area contributed by atoms with E-state index in [0.29, 0.717) is 32.1 Å². The van der Waals surface area contributed by atoms with Gasteiger partial charge in [0.05, 0.1) is 18.6 Å². The quantitative estimate of drug-likeness (QED) is 0.345. The Morgan fingerprint density at radius 2 is 1.72 bits per heavy atom. The van der Waals surface area contributed by atoms with Crippen LogP contribution >= 0.6 is 0 Å². The molecule has 0 radical (unpaired) electrons. The van der Waals surface area contributed by atoms with Crippen LogP contribution in [0, 0.1) is 51.2 Å². The van der Waals surface area contributed by atoms with Crippen LogP contribution in [0.15, 0.2) is 11.1 Å². The lowest BCUT2D eigenvalue weighted by atomic mass is 9.42. The SMILES string of the molecule is C[C@@H]1C[C@]2(OC[C@]34[C@H](O)CC5=C(C(=O)C[C@H]6C(C)(C)[C@H](OC(=O)CC(=O)O)CC[C@]56C)[C@]3(C)CC[C@H]14)OC(=O)[C@@H](C)[C@@H]2C. The van der Waals surface area contributed by atoms with Crippen LogP contribution in [0.1, 0.15) is 99.8 Å². The normalized spacial score (nSPS) is 48.5. The third-order valence-electron chi connectivity index (χ3n) is 13.8. The Hall–Kier alpha value is -2.26. The Morgan fingerprint density at radius 1 is 1.02 bits per heavy atom. The fourth-order valence-electron chi connectivity index (χ4n) is 11.2. The van der Waals surface area contributed by atoms with Crippen molar-refractivity contribution >= 4 is 23.7 Å². The first-order valence-corrected chi connectivity index (χ1v) is 16.2. The number of aliphatic hydroxyl groups excluding tert-OH is 1. The number of carbonyl (C=O) groups excluding carboxylic acids is 3. The van der Waals surface area contributed by atoms with Crippen LogP contribution in [0.3, 0.4) is 0 Å². The third kappa shape index (κ3) is 3.95. The van der Waals surface area contributed by atoms with E-state index in [4.69, 9.17) is 19.3 Å². The van der Waals surface area contributed by atoms with Crippen molar-refractivity contribution in [3.63, 3.8) is 0 Å². The minimum Gasteiger partial charge on any atom is -0.481 e. The summed E-state index contributed by atoms with van der Waals surface area (Å²) < 4.78 is 18.4. The fraction of sp³-hybridized carbons (Fsp3) is 0.824. The number of aliphatic hydroxyl groups is 1. The molecule has 9 nitrogen and oxygen atoms in total. The second-order valence-corrected chi connectivity index (χ2v) is 15.9. The molecule has 2 saturated carbocycles. The minimum atomic E-state index is -1.22. The highest BCUT2D eigenvalue weighted by Gasteiger charge is 2.72. The van der Waals surface area contributed by atoms with E-state index in [2.05, 4.69) is 20.8 Å². The van der Waals surface area contributed by atoms with E-state index in [9.17, 15) is 24.3 Å². The van der Waals surface area contributed by atoms with E-state index < -0.39 is 52.6 Å². The Kier molecular flexibility index (Phi) is 6.88. The van der Waals surface area contributed by atoms with Crippen LogP contribution in [0.2, 0.25) is 0 Å². The molecule has 2 N–H and O–H groups in total. The lowest BCUT2D eigenvalue weighted by molar-refractivity contribution is -0.247. The summed E-state index contributed by atoms with van der Waals surface area (Å²) in [6, 6.07) is 0. The molecule has 238 valence electrons. The predicted molar refractivity (Wildman–Crippen MR) is 154 cm³/mol. The van der Waals surface area contributed by atoms with Crippen molar-refractivity contribution in [2.75, 3.05) is 6.61 Å². The van der Waals surface area contributed by atoms with Crippen molar-refractivity contribution in [2.45, 2.75) is 118 Å². The monoisotopic (exact) mass is 600 g/mol. The molecule has 0 unspecified atom stereocenters. The second kappa shape index (κ2) is 9.62. The van der Waals surface area contributed by atoms with E-state index in [1.165, 1.54) is 0 Å². The molecule has 0 amide bonds. The van der Waals surface area contributed by atoms with Crippen LogP contribution in [-0.2, 0) is 33.4 Å². The second-order valence-electron chi connectivity index (χ2n) is 15.9. The number of carboxylic acids is 1. The van der Waals surface area contributed by atoms with Crippen molar-refractivity contribution in [3.05, 3.63) is 11.1 Å². The number of hydrogen-bond donors (Lipinski definition) is 2. The summed E-state index contributed by atoms with van der Waals surface area (Å²) in [5.74, 6) is -3.41. The molecule has 9 heteroatoms. The number of carboxylic acid groups (broad SMARTS) is 1. The first-order valence-electron chi connectivity index (χ1n) is 16.2. The Balaban J connectivity index is 1.38. The van der Waals surface area contributed by atoms with Crippen LogP contribution in [0.25, 0.3) is 0 Å². The van der Waals surface area contributed by atoms with E-state index in [1.54, 1.807) is 0 Å². The van der Waals surface area contributed by atoms with Crippen LogP contribution < -0.4 is 0 Å². The number of hydrogen-bond acceptors (Lipinski definition) is 8. The van der Waals surface area contributed by atoms with Gasteiger partial charge in [-0.2, -0.15) is 0 Å². The van der Waals surface area contributed by atoms with Gasteiger partial charge in [-0.15, -0.1) is 0 Å². The molecule has 0 aromatic carbocycles. The van der Waals surface area contributed by atoms with E-state index in [-0.39, 0.29) is 53.4 Å². The number of esters is 2. The minimum absolute atomic E-state index is 0.0957. The Morgan fingerprint density at radius 3 is 2.35 bits per heavy atom. The van der Waals surface area contributed by atoms with Crippen LogP contribution in [0.4, 0.5) is 0 Å². The molecule has 4 aliphatic carbocycles. The van der Waals surface area contributed by atoms with Crippen LogP contribution in [-0.4, -0.2) is 58.5 Å². The molecule has 0 aromatic rings. The van der Waals surface area contributed by atoms with Gasteiger partial charge in [-0.05, 0) is 55.3 Å². The molecule has 6 aliphatic rings. The largest absolute Gasteiger partial charge is 0.481 e. The number of carbonyl (C=O) groups is 4. The lowest BCUT2D eigenvalue weighted by Crippen LogP contribution is -2.62. The van der Waals surface area contributed by atoms with Gasteiger partial charge in [-0.3, -0.25) is 19.2 Å². The zero-order valence-electron chi connectivity index (χ0n) is 26.7. The molecule has 11 atom stereocenters. The number of fused-ring (bicyclic) bond motifs is 3. The van der Waals surface area contributed by atoms with Gasteiger partial charge in [0.1, 0.15) is 12.5 Å². The molecule has 43 heavy (non-hydrogen) atoms. The van der Waals surface area contributed by atoms with Crippen molar-refractivity contribution in [1.82, 2.24) is 0 Å². The van der Waals surface area contributed by atoms with E-state index in [0.717, 1.165) is 24.0 Å². The molecule has 2 aliphatic heterocycles. The van der Waals surface area contributed by atoms with Gasteiger partial charge < -0.3 is 24.4 Å². The maximum atomic E-state index is 14.4. The summed E-state index contributed by atoms with van der Waals surface area (Å²) in [7, 11) is 0. The predicted octanol–water partition coefficient (Wildman–Crippen LogP) is 4.83. The van der Waals surface area contributed by atoms with E-state index in [1.807, 2.05) is 27.7 Å². The number of rotatable bonds is 3. The fourth-order valence-corrected chi connectivity index (χ4v) is 11.2. The Labute approximate surface area is 254 Å². The smallest absolute Gasteiger partial charge is 0.317 e.